The molecule has 2 heterocycles. The average molecular weight is 371 g/mol. The van der Waals surface area contributed by atoms with Crippen LogP contribution in [0.2, 0.25) is 0 Å². The molecule has 1 saturated heterocycles. The van der Waals surface area contributed by atoms with Gasteiger partial charge >= 0.3 is 5.97 Å². The van der Waals surface area contributed by atoms with Crippen LogP contribution in [0.3, 0.4) is 0 Å². The van der Waals surface area contributed by atoms with Gasteiger partial charge in [-0.15, -0.1) is 0 Å². The lowest BCUT2D eigenvalue weighted by atomic mass is 10.0. The zero-order valence-corrected chi connectivity index (χ0v) is 15.2. The van der Waals surface area contributed by atoms with E-state index in [4.69, 9.17) is 0 Å². The number of aromatic nitrogens is 1. The standard InChI is InChI=1S/C20H22FN3O3/c1-3-13-17-14(10-16(21)18(13)23-8-6-22(2)7-9-23)19(25)15(20(26)27)11-24(17)12-4-5-12/h3,10-12H,1,4-9H2,2H3,(H,26,27). The van der Waals surface area contributed by atoms with Crippen LogP contribution in [-0.2, 0) is 0 Å². The zero-order valence-electron chi connectivity index (χ0n) is 15.2. The highest BCUT2D eigenvalue weighted by molar-refractivity contribution is 5.98. The van der Waals surface area contributed by atoms with Gasteiger partial charge < -0.3 is 19.5 Å². The number of nitrogens with zero attached hydrogens (tertiary/aromatic N) is 3. The molecule has 1 aliphatic carbocycles. The smallest absolute Gasteiger partial charge is 0.341 e. The minimum absolute atomic E-state index is 0.104. The molecule has 0 radical (unpaired) electrons. The normalized spacial score (nSPS) is 18.1. The van der Waals surface area contributed by atoms with Crippen molar-refractivity contribution in [1.29, 1.82) is 0 Å². The van der Waals surface area contributed by atoms with E-state index in [1.807, 2.05) is 16.5 Å². The highest BCUT2D eigenvalue weighted by Gasteiger charge is 2.30. The predicted molar refractivity (Wildman–Crippen MR) is 103 cm³/mol. The molecule has 0 amide bonds. The van der Waals surface area contributed by atoms with Crippen LogP contribution in [0.1, 0.15) is 34.8 Å². The first-order chi connectivity index (χ1) is 12.9. The van der Waals surface area contributed by atoms with Crippen LogP contribution >= 0.6 is 0 Å². The molecule has 1 N–H and O–H groups in total. The summed E-state index contributed by atoms with van der Waals surface area (Å²) >= 11 is 0. The van der Waals surface area contributed by atoms with Crippen LogP contribution in [0.5, 0.6) is 0 Å². The number of fused-ring (bicyclic) bond motifs is 1. The fourth-order valence-corrected chi connectivity index (χ4v) is 3.85. The highest BCUT2D eigenvalue weighted by atomic mass is 19.1. The lowest BCUT2D eigenvalue weighted by Crippen LogP contribution is -2.45. The number of halogens is 1. The maximum Gasteiger partial charge on any atom is 0.341 e. The Morgan fingerprint density at radius 3 is 2.52 bits per heavy atom. The fraction of sp³-hybridized carbons (Fsp3) is 0.400. The molecule has 1 aromatic heterocycles. The van der Waals surface area contributed by atoms with Crippen molar-refractivity contribution in [3.63, 3.8) is 0 Å². The Morgan fingerprint density at radius 1 is 1.30 bits per heavy atom. The van der Waals surface area contributed by atoms with Crippen LogP contribution < -0.4 is 10.3 Å². The van der Waals surface area contributed by atoms with Crippen LogP contribution in [0, 0.1) is 5.82 Å². The highest BCUT2D eigenvalue weighted by Crippen LogP contribution is 2.40. The maximum atomic E-state index is 15.1. The van der Waals surface area contributed by atoms with Crippen LogP contribution in [-0.4, -0.2) is 53.8 Å². The number of hydrogen-bond donors (Lipinski definition) is 1. The Kier molecular flexibility index (Phi) is 4.26. The molecule has 2 aliphatic rings. The number of benzene rings is 1. The minimum Gasteiger partial charge on any atom is -0.477 e. The Hall–Kier alpha value is -2.67. The topological polar surface area (TPSA) is 65.8 Å². The summed E-state index contributed by atoms with van der Waals surface area (Å²) in [5.74, 6) is -1.80. The van der Waals surface area contributed by atoms with Gasteiger partial charge in [0.15, 0.2) is 0 Å². The largest absolute Gasteiger partial charge is 0.477 e. The number of carboxylic acids is 1. The van der Waals surface area contributed by atoms with Gasteiger partial charge in [-0.3, -0.25) is 4.79 Å². The van der Waals surface area contributed by atoms with Crippen molar-refractivity contribution in [2.45, 2.75) is 18.9 Å². The molecular weight excluding hydrogens is 349 g/mol. The SMILES string of the molecule is C=Cc1c(N2CCN(C)CC2)c(F)cc2c(=O)c(C(=O)O)cn(C3CC3)c12. The molecule has 1 aromatic carbocycles. The van der Waals surface area contributed by atoms with Crippen molar-refractivity contribution < 1.29 is 14.3 Å². The Morgan fingerprint density at radius 2 is 1.96 bits per heavy atom. The molecule has 1 saturated carbocycles. The van der Waals surface area contributed by atoms with E-state index in [-0.39, 0.29) is 17.0 Å². The number of aromatic carboxylic acids is 1. The number of pyridine rings is 1. The minimum atomic E-state index is -1.29. The summed E-state index contributed by atoms with van der Waals surface area (Å²) in [5.41, 5.74) is 0.619. The monoisotopic (exact) mass is 371 g/mol. The fourth-order valence-electron chi connectivity index (χ4n) is 3.85. The third kappa shape index (κ3) is 2.92. The van der Waals surface area contributed by atoms with E-state index in [2.05, 4.69) is 11.5 Å². The number of hydrogen-bond acceptors (Lipinski definition) is 4. The average Bonchev–Trinajstić information content (AvgIpc) is 3.47. The molecule has 6 nitrogen and oxygen atoms in total. The zero-order chi connectivity index (χ0) is 19.3. The first-order valence-electron chi connectivity index (χ1n) is 9.13. The number of likely N-dealkylation sites (N-methyl/N-ethyl adjacent to an activating group) is 1. The first kappa shape index (κ1) is 17.7. The number of rotatable bonds is 4. The molecule has 0 atom stereocenters. The number of carbonyl (C=O) groups is 1. The summed E-state index contributed by atoms with van der Waals surface area (Å²) in [6.07, 6.45) is 4.81. The van der Waals surface area contributed by atoms with E-state index in [1.54, 1.807) is 6.08 Å². The van der Waals surface area contributed by atoms with Crippen molar-refractivity contribution in [3.8, 4) is 0 Å². The molecule has 27 heavy (non-hydrogen) atoms. The molecule has 142 valence electrons. The maximum absolute atomic E-state index is 15.1. The summed E-state index contributed by atoms with van der Waals surface area (Å²) in [6.45, 7) is 6.87. The second kappa shape index (κ2) is 6.49. The van der Waals surface area contributed by atoms with Gasteiger partial charge in [-0.05, 0) is 26.0 Å². The number of carboxylic acid groups (broad SMARTS) is 1. The van der Waals surface area contributed by atoms with Crippen molar-refractivity contribution >= 4 is 28.6 Å². The van der Waals surface area contributed by atoms with Crippen LogP contribution in [0.4, 0.5) is 10.1 Å². The van der Waals surface area contributed by atoms with Crippen molar-refractivity contribution in [2.75, 3.05) is 38.1 Å². The van der Waals surface area contributed by atoms with Gasteiger partial charge in [-0.25, -0.2) is 9.18 Å². The van der Waals surface area contributed by atoms with Crippen LogP contribution in [0.25, 0.3) is 17.0 Å². The third-order valence-corrected chi connectivity index (χ3v) is 5.47. The van der Waals surface area contributed by atoms with E-state index < -0.39 is 17.2 Å². The molecular formula is C20H22FN3O3. The number of anilines is 1. The second-order valence-electron chi connectivity index (χ2n) is 7.33. The summed E-state index contributed by atoms with van der Waals surface area (Å²) in [5, 5.41) is 9.49. The van der Waals surface area contributed by atoms with E-state index in [0.717, 1.165) is 25.9 Å². The Labute approximate surface area is 156 Å². The molecule has 0 unspecified atom stereocenters. The summed E-state index contributed by atoms with van der Waals surface area (Å²) in [6, 6.07) is 1.33. The number of piperazine rings is 1. The van der Waals surface area contributed by atoms with E-state index in [1.165, 1.54) is 12.3 Å². The Balaban J connectivity index is 2.02. The Bertz CT molecular complexity index is 1000. The van der Waals surface area contributed by atoms with Gasteiger partial charge in [0.2, 0.25) is 5.43 Å². The van der Waals surface area contributed by atoms with Gasteiger partial charge in [0.25, 0.3) is 0 Å². The van der Waals surface area contributed by atoms with E-state index in [9.17, 15) is 14.7 Å². The van der Waals surface area contributed by atoms with Crippen LogP contribution in [0.15, 0.2) is 23.6 Å². The molecule has 0 bridgehead atoms. The van der Waals surface area contributed by atoms with Crippen molar-refractivity contribution in [2.24, 2.45) is 0 Å². The molecule has 0 spiro atoms. The van der Waals surface area contributed by atoms with Gasteiger partial charge in [-0.1, -0.05) is 12.7 Å². The van der Waals surface area contributed by atoms with Gasteiger partial charge in [0.1, 0.15) is 11.4 Å². The molecule has 2 fully saturated rings. The van der Waals surface area contributed by atoms with E-state index in [0.29, 0.717) is 29.9 Å². The predicted octanol–water partition coefficient (Wildman–Crippen LogP) is 2.57. The quantitative estimate of drug-likeness (QED) is 0.895. The molecule has 2 aromatic rings. The summed E-state index contributed by atoms with van der Waals surface area (Å²) in [4.78, 5) is 28.4. The lowest BCUT2D eigenvalue weighted by molar-refractivity contribution is 0.0695. The van der Waals surface area contributed by atoms with Gasteiger partial charge in [-0.2, -0.15) is 0 Å². The van der Waals surface area contributed by atoms with Crippen molar-refractivity contribution in [3.05, 3.63) is 46.0 Å². The second-order valence-corrected chi connectivity index (χ2v) is 7.33. The van der Waals surface area contributed by atoms with Gasteiger partial charge in [0, 0.05) is 44.0 Å². The molecule has 1 aliphatic heterocycles. The lowest BCUT2D eigenvalue weighted by Gasteiger charge is -2.35. The third-order valence-electron chi connectivity index (χ3n) is 5.47. The molecule has 7 heteroatoms. The van der Waals surface area contributed by atoms with Crippen molar-refractivity contribution in [1.82, 2.24) is 9.47 Å². The molecule has 4 rings (SSSR count). The summed E-state index contributed by atoms with van der Waals surface area (Å²) in [7, 11) is 2.03. The van der Waals surface area contributed by atoms with E-state index >= 15 is 4.39 Å². The first-order valence-corrected chi connectivity index (χ1v) is 9.13. The summed E-state index contributed by atoms with van der Waals surface area (Å²) < 4.78 is 16.9. The van der Waals surface area contributed by atoms with Gasteiger partial charge in [0.05, 0.1) is 16.6 Å².